The second-order valence-electron chi connectivity index (χ2n) is 4.21. The highest BCUT2D eigenvalue weighted by atomic mass is 79.9. The van der Waals surface area contributed by atoms with Crippen molar-refractivity contribution < 1.29 is 18.0 Å². The van der Waals surface area contributed by atoms with Gasteiger partial charge in [0, 0.05) is 11.0 Å². The van der Waals surface area contributed by atoms with Crippen molar-refractivity contribution >= 4 is 21.8 Å². The van der Waals surface area contributed by atoms with Crippen LogP contribution in [0.1, 0.15) is 24.4 Å². The lowest BCUT2D eigenvalue weighted by molar-refractivity contribution is -0.186. The monoisotopic (exact) mass is 321 g/mol. The van der Waals surface area contributed by atoms with Crippen LogP contribution in [0.5, 0.6) is 0 Å². The van der Waals surface area contributed by atoms with Gasteiger partial charge in [-0.15, -0.1) is 0 Å². The van der Waals surface area contributed by atoms with Crippen LogP contribution < -0.4 is 0 Å². The topological polar surface area (TPSA) is 20.3 Å². The molecule has 0 aromatic heterocycles. The fourth-order valence-corrected chi connectivity index (χ4v) is 2.65. The van der Waals surface area contributed by atoms with Crippen LogP contribution in [0, 0.1) is 0 Å². The van der Waals surface area contributed by atoms with Gasteiger partial charge in [-0.25, -0.2) is 0 Å². The summed E-state index contributed by atoms with van der Waals surface area (Å²) in [5, 5.41) is 0. The van der Waals surface area contributed by atoms with E-state index in [1.165, 1.54) is 0 Å². The summed E-state index contributed by atoms with van der Waals surface area (Å²) in [5.74, 6) is -1.75. The van der Waals surface area contributed by atoms with Gasteiger partial charge in [-0.1, -0.05) is 28.1 Å². The quantitative estimate of drug-likeness (QED) is 0.772. The Bertz CT molecular complexity index is 461. The molecule has 1 aromatic carbocycles. The number of rotatable bonds is 1. The van der Waals surface area contributed by atoms with Crippen molar-refractivity contribution in [1.29, 1.82) is 0 Å². The predicted molar refractivity (Wildman–Crippen MR) is 63.9 cm³/mol. The van der Waals surface area contributed by atoms with Crippen molar-refractivity contribution in [2.75, 3.05) is 6.54 Å². The van der Waals surface area contributed by atoms with Crippen LogP contribution in [-0.2, 0) is 4.79 Å². The van der Waals surface area contributed by atoms with E-state index in [1.807, 2.05) is 0 Å². The molecule has 0 radical (unpaired) electrons. The molecule has 2 nitrogen and oxygen atoms in total. The average Bonchev–Trinajstić information content (AvgIpc) is 2.75. The second kappa shape index (κ2) is 4.91. The van der Waals surface area contributed by atoms with Crippen LogP contribution in [0.15, 0.2) is 28.7 Å². The summed E-state index contributed by atoms with van der Waals surface area (Å²) in [4.78, 5) is 12.2. The molecular formula is C12H11BrF3NO. The largest absolute Gasteiger partial charge is 0.471 e. The molecule has 1 aliphatic heterocycles. The molecule has 1 aromatic rings. The van der Waals surface area contributed by atoms with Crippen LogP contribution >= 0.6 is 15.9 Å². The van der Waals surface area contributed by atoms with E-state index < -0.39 is 18.1 Å². The molecule has 1 saturated heterocycles. The molecule has 18 heavy (non-hydrogen) atoms. The van der Waals surface area contributed by atoms with Gasteiger partial charge in [0.1, 0.15) is 0 Å². The maximum Gasteiger partial charge on any atom is 0.471 e. The van der Waals surface area contributed by atoms with E-state index in [0.717, 1.165) is 14.9 Å². The lowest BCUT2D eigenvalue weighted by Gasteiger charge is -2.26. The fraction of sp³-hybridized carbons (Fsp3) is 0.417. The molecule has 1 atom stereocenters. The van der Waals surface area contributed by atoms with Crippen LogP contribution in [0.25, 0.3) is 0 Å². The molecule has 1 unspecified atom stereocenters. The standard InChI is InChI=1S/C12H11BrF3NO/c13-9-4-1-3-8(7-9)10-5-2-6-17(10)11(18)12(14,15)16/h1,3-4,7,10H,2,5-6H2. The summed E-state index contributed by atoms with van der Waals surface area (Å²) < 4.78 is 38.2. The first-order valence-corrected chi connectivity index (χ1v) is 6.32. The Labute approximate surface area is 111 Å². The van der Waals surface area contributed by atoms with E-state index in [2.05, 4.69) is 15.9 Å². The normalized spacial score (nSPS) is 20.2. The Kier molecular flexibility index (Phi) is 3.66. The highest BCUT2D eigenvalue weighted by Crippen LogP contribution is 2.35. The van der Waals surface area contributed by atoms with Crippen molar-refractivity contribution in [2.24, 2.45) is 0 Å². The van der Waals surface area contributed by atoms with Crippen LogP contribution in [0.3, 0.4) is 0 Å². The maximum absolute atomic E-state index is 12.5. The van der Waals surface area contributed by atoms with Crippen molar-refractivity contribution in [3.8, 4) is 0 Å². The van der Waals surface area contributed by atoms with E-state index >= 15 is 0 Å². The number of hydrogen-bond donors (Lipinski definition) is 0. The Morgan fingerprint density at radius 2 is 2.11 bits per heavy atom. The van der Waals surface area contributed by atoms with E-state index in [4.69, 9.17) is 0 Å². The molecule has 98 valence electrons. The summed E-state index contributed by atoms with van der Waals surface area (Å²) in [7, 11) is 0. The van der Waals surface area contributed by atoms with Gasteiger partial charge in [0.25, 0.3) is 0 Å². The van der Waals surface area contributed by atoms with Crippen molar-refractivity contribution in [3.63, 3.8) is 0 Å². The van der Waals surface area contributed by atoms with Gasteiger partial charge in [0.15, 0.2) is 0 Å². The predicted octanol–water partition coefficient (Wildman–Crippen LogP) is 3.67. The molecule has 0 spiro atoms. The molecule has 0 saturated carbocycles. The molecule has 0 aliphatic carbocycles. The van der Waals surface area contributed by atoms with Gasteiger partial charge in [0.05, 0.1) is 6.04 Å². The third-order valence-corrected chi connectivity index (χ3v) is 3.48. The zero-order valence-corrected chi connectivity index (χ0v) is 11.0. The van der Waals surface area contributed by atoms with Crippen LogP contribution in [0.2, 0.25) is 0 Å². The Morgan fingerprint density at radius 3 is 2.72 bits per heavy atom. The number of benzene rings is 1. The molecule has 1 amide bonds. The molecule has 1 aliphatic rings. The second-order valence-corrected chi connectivity index (χ2v) is 5.13. The van der Waals surface area contributed by atoms with Gasteiger partial charge in [-0.2, -0.15) is 13.2 Å². The van der Waals surface area contributed by atoms with Crippen LogP contribution in [-0.4, -0.2) is 23.5 Å². The first kappa shape index (κ1) is 13.4. The van der Waals surface area contributed by atoms with E-state index in [0.29, 0.717) is 12.8 Å². The summed E-state index contributed by atoms with van der Waals surface area (Å²) >= 11 is 3.28. The van der Waals surface area contributed by atoms with Gasteiger partial charge in [-0.3, -0.25) is 4.79 Å². The number of carbonyl (C=O) groups excluding carboxylic acids is 1. The number of nitrogens with zero attached hydrogens (tertiary/aromatic N) is 1. The first-order valence-electron chi connectivity index (χ1n) is 5.53. The third kappa shape index (κ3) is 2.68. The number of halogens is 4. The van der Waals surface area contributed by atoms with E-state index in [-0.39, 0.29) is 6.54 Å². The minimum Gasteiger partial charge on any atom is -0.328 e. The molecule has 0 bridgehead atoms. The molecule has 0 N–H and O–H groups in total. The summed E-state index contributed by atoms with van der Waals surface area (Å²) in [6.45, 7) is 0.162. The van der Waals surface area contributed by atoms with Gasteiger partial charge < -0.3 is 4.90 Å². The highest BCUT2D eigenvalue weighted by Gasteiger charge is 2.46. The SMILES string of the molecule is O=C(N1CCCC1c1cccc(Br)c1)C(F)(F)F. The van der Waals surface area contributed by atoms with Crippen LogP contribution in [0.4, 0.5) is 13.2 Å². The Hall–Kier alpha value is -1.04. The zero-order chi connectivity index (χ0) is 13.3. The summed E-state index contributed by atoms with van der Waals surface area (Å²) in [6.07, 6.45) is -3.63. The highest BCUT2D eigenvalue weighted by molar-refractivity contribution is 9.10. The summed E-state index contributed by atoms with van der Waals surface area (Å²) in [5.41, 5.74) is 0.736. The third-order valence-electron chi connectivity index (χ3n) is 2.99. The smallest absolute Gasteiger partial charge is 0.328 e. The molecular weight excluding hydrogens is 311 g/mol. The minimum absolute atomic E-state index is 0.162. The maximum atomic E-state index is 12.5. The number of amides is 1. The summed E-state index contributed by atoms with van der Waals surface area (Å²) in [6, 6.07) is 6.59. The lowest BCUT2D eigenvalue weighted by atomic mass is 10.0. The molecule has 2 rings (SSSR count). The number of carbonyl (C=O) groups is 1. The molecule has 1 heterocycles. The average molecular weight is 322 g/mol. The van der Waals surface area contributed by atoms with E-state index in [9.17, 15) is 18.0 Å². The molecule has 6 heteroatoms. The van der Waals surface area contributed by atoms with Crippen molar-refractivity contribution in [2.45, 2.75) is 25.1 Å². The zero-order valence-electron chi connectivity index (χ0n) is 9.38. The van der Waals surface area contributed by atoms with Gasteiger partial charge in [0.2, 0.25) is 0 Å². The number of alkyl halides is 3. The minimum atomic E-state index is -4.80. The van der Waals surface area contributed by atoms with Gasteiger partial charge >= 0.3 is 12.1 Å². The van der Waals surface area contributed by atoms with Crippen molar-refractivity contribution in [3.05, 3.63) is 34.3 Å². The van der Waals surface area contributed by atoms with Gasteiger partial charge in [-0.05, 0) is 30.5 Å². The number of hydrogen-bond acceptors (Lipinski definition) is 1. The van der Waals surface area contributed by atoms with Crippen molar-refractivity contribution in [1.82, 2.24) is 4.90 Å². The fourth-order valence-electron chi connectivity index (χ4n) is 2.23. The van der Waals surface area contributed by atoms with E-state index in [1.54, 1.807) is 24.3 Å². The number of likely N-dealkylation sites (tertiary alicyclic amines) is 1. The lowest BCUT2D eigenvalue weighted by Crippen LogP contribution is -2.40. The Balaban J connectivity index is 2.25. The first-order chi connectivity index (χ1) is 8.39. The molecule has 1 fully saturated rings. The Morgan fingerprint density at radius 1 is 1.39 bits per heavy atom.